The summed E-state index contributed by atoms with van der Waals surface area (Å²) in [4.78, 5) is 50.3. The number of benzene rings is 6. The largest absolute Gasteiger partial charge is 0.444 e. The quantitative estimate of drug-likeness (QED) is 0.103. The van der Waals surface area contributed by atoms with Crippen molar-refractivity contribution in [3.8, 4) is 22.3 Å². The van der Waals surface area contributed by atoms with Crippen LogP contribution in [0.4, 0.5) is 21.0 Å². The van der Waals surface area contributed by atoms with Crippen LogP contribution < -0.4 is 21.3 Å². The average Bonchev–Trinajstić information content (AvgIpc) is 3.25. The highest BCUT2D eigenvalue weighted by Gasteiger charge is 2.20. The fourth-order valence-corrected chi connectivity index (χ4v) is 6.53. The normalized spacial score (nSPS) is 11.0. The molecule has 326 valence electrons. The lowest BCUT2D eigenvalue weighted by Crippen LogP contribution is -2.32. The molecular weight excluding hydrogens is 789 g/mol. The van der Waals surface area contributed by atoms with Crippen molar-refractivity contribution in [1.82, 2.24) is 10.6 Å². The lowest BCUT2D eigenvalue weighted by Gasteiger charge is -2.20. The molecule has 6 aromatic carbocycles. The third-order valence-electron chi connectivity index (χ3n) is 9.53. The van der Waals surface area contributed by atoms with Gasteiger partial charge < -0.3 is 30.7 Å². The van der Waals surface area contributed by atoms with Crippen LogP contribution in [-0.2, 0) is 29.0 Å². The van der Waals surface area contributed by atoms with Crippen molar-refractivity contribution in [3.05, 3.63) is 179 Å². The zero-order valence-corrected chi connectivity index (χ0v) is 37.4. The molecule has 0 heterocycles. The van der Waals surface area contributed by atoms with Crippen molar-refractivity contribution in [2.45, 2.75) is 86.1 Å². The molecule has 0 unspecified atom stereocenters. The molecule has 0 bridgehead atoms. The topological polar surface area (TPSA) is 135 Å². The lowest BCUT2D eigenvalue weighted by molar-refractivity contribution is 0.0512. The first-order valence-electron chi connectivity index (χ1n) is 21.1. The van der Waals surface area contributed by atoms with Gasteiger partial charge in [-0.1, -0.05) is 122 Å². The number of carbonyl (C=O) groups is 4. The maximum atomic E-state index is 13.1. The van der Waals surface area contributed by atoms with Gasteiger partial charge in [-0.05, 0) is 130 Å². The Hall–Kier alpha value is -7.20. The summed E-state index contributed by atoms with van der Waals surface area (Å²) < 4.78 is 10.7. The van der Waals surface area contributed by atoms with Crippen LogP contribution in [0.25, 0.3) is 22.3 Å². The molecule has 0 fully saturated rings. The second-order valence-electron chi connectivity index (χ2n) is 16.9. The molecule has 4 amide bonds. The Kier molecular flexibility index (Phi) is 16.0. The van der Waals surface area contributed by atoms with E-state index in [4.69, 9.17) is 9.47 Å². The van der Waals surface area contributed by atoms with Crippen LogP contribution in [0.3, 0.4) is 0 Å². The zero-order valence-electron chi connectivity index (χ0n) is 37.4. The first kappa shape index (κ1) is 46.9. The van der Waals surface area contributed by atoms with Crippen molar-refractivity contribution in [3.63, 3.8) is 0 Å². The summed E-state index contributed by atoms with van der Waals surface area (Å²) in [5.74, 6) is -0.367. The maximum Gasteiger partial charge on any atom is 0.407 e. The van der Waals surface area contributed by atoms with Crippen LogP contribution in [0.15, 0.2) is 146 Å². The number of nitrogens with one attached hydrogen (secondary N) is 4. The summed E-state index contributed by atoms with van der Waals surface area (Å²) in [6.45, 7) is 15.6. The molecule has 0 radical (unpaired) electrons. The van der Waals surface area contributed by atoms with Gasteiger partial charge in [0.2, 0.25) is 0 Å². The van der Waals surface area contributed by atoms with Crippen molar-refractivity contribution >= 4 is 35.4 Å². The van der Waals surface area contributed by atoms with Crippen molar-refractivity contribution < 1.29 is 28.7 Å². The highest BCUT2D eigenvalue weighted by atomic mass is 16.6. The first-order chi connectivity index (χ1) is 30.0. The number of anilines is 2. The number of carbonyl (C=O) groups excluding carboxylic acids is 4. The smallest absolute Gasteiger partial charge is 0.407 e. The van der Waals surface area contributed by atoms with Gasteiger partial charge in [-0.25, -0.2) is 9.59 Å². The Morgan fingerprint density at radius 2 is 0.810 bits per heavy atom. The molecule has 0 saturated carbocycles. The molecule has 63 heavy (non-hydrogen) atoms. The van der Waals surface area contributed by atoms with E-state index in [9.17, 15) is 19.2 Å². The molecular formula is C53H58N4O6. The third-order valence-corrected chi connectivity index (χ3v) is 9.53. The minimum Gasteiger partial charge on any atom is -0.444 e. The summed E-state index contributed by atoms with van der Waals surface area (Å²) >= 11 is 0. The van der Waals surface area contributed by atoms with Gasteiger partial charge in [0.1, 0.15) is 11.2 Å². The van der Waals surface area contributed by atoms with Crippen LogP contribution >= 0.6 is 0 Å². The average molecular weight is 847 g/mol. The van der Waals surface area contributed by atoms with Gasteiger partial charge in [-0.3, -0.25) is 9.59 Å². The standard InChI is InChI=1S/C27H30N2O3.C26H28N2O3/c1-5-19-14-16-21(17-15-19)29-25(30)24-13-9-8-12-23(24)22-11-7-6-10-20(22)18-28-26(31)32-27(2,3)4;1-18-13-15-20(16-14-18)28-24(29)23-12-8-7-11-22(23)21-10-6-5-9-19(21)17-27-25(30)31-26(2,3)4/h6-17H,5,18H2,1-4H3,(H,28,31)(H,29,30);5-16H,17H2,1-4H3,(H,27,30)(H,28,29). The number of rotatable bonds is 11. The van der Waals surface area contributed by atoms with Gasteiger partial charge in [0.25, 0.3) is 11.8 Å². The predicted octanol–water partition coefficient (Wildman–Crippen LogP) is 12.1. The molecule has 0 aliphatic heterocycles. The van der Waals surface area contributed by atoms with Crippen molar-refractivity contribution in [1.29, 1.82) is 0 Å². The SMILES string of the molecule is CCc1ccc(NC(=O)c2ccccc2-c2ccccc2CNC(=O)OC(C)(C)C)cc1.Cc1ccc(NC(=O)c2ccccc2-c2ccccc2CNC(=O)OC(C)(C)C)cc1. The van der Waals surface area contributed by atoms with E-state index >= 15 is 0 Å². The number of alkyl carbamates (subject to hydrolysis) is 2. The molecule has 0 aromatic heterocycles. The number of hydrogen-bond donors (Lipinski definition) is 4. The van der Waals surface area contributed by atoms with E-state index in [1.807, 2.05) is 188 Å². The molecule has 0 aliphatic rings. The van der Waals surface area contributed by atoms with E-state index in [0.29, 0.717) is 24.2 Å². The number of ether oxygens (including phenoxy) is 2. The summed E-state index contributed by atoms with van der Waals surface area (Å²) in [7, 11) is 0. The lowest BCUT2D eigenvalue weighted by atomic mass is 9.95. The Morgan fingerprint density at radius 1 is 0.460 bits per heavy atom. The maximum absolute atomic E-state index is 13.1. The summed E-state index contributed by atoms with van der Waals surface area (Å²) in [5.41, 5.74) is 8.99. The molecule has 6 rings (SSSR count). The summed E-state index contributed by atoms with van der Waals surface area (Å²) in [6, 6.07) is 45.9. The predicted molar refractivity (Wildman–Crippen MR) is 253 cm³/mol. The minimum absolute atomic E-state index is 0.181. The van der Waals surface area contributed by atoms with E-state index in [2.05, 4.69) is 28.2 Å². The van der Waals surface area contributed by atoms with Gasteiger partial charge in [-0.2, -0.15) is 0 Å². The van der Waals surface area contributed by atoms with Crippen LogP contribution in [0.5, 0.6) is 0 Å². The summed E-state index contributed by atoms with van der Waals surface area (Å²) in [5, 5.41) is 11.5. The minimum atomic E-state index is -0.566. The Balaban J connectivity index is 0.000000238. The van der Waals surface area contributed by atoms with Crippen LogP contribution in [-0.4, -0.2) is 35.2 Å². The highest BCUT2D eigenvalue weighted by Crippen LogP contribution is 2.30. The molecule has 10 nitrogen and oxygen atoms in total. The Morgan fingerprint density at radius 3 is 1.19 bits per heavy atom. The van der Waals surface area contributed by atoms with Gasteiger partial charge in [0.15, 0.2) is 0 Å². The van der Waals surface area contributed by atoms with Gasteiger partial charge in [0.05, 0.1) is 0 Å². The fourth-order valence-electron chi connectivity index (χ4n) is 6.53. The monoisotopic (exact) mass is 846 g/mol. The van der Waals surface area contributed by atoms with Crippen LogP contribution in [0.1, 0.15) is 91.4 Å². The van der Waals surface area contributed by atoms with Gasteiger partial charge in [-0.15, -0.1) is 0 Å². The second-order valence-corrected chi connectivity index (χ2v) is 16.9. The zero-order chi connectivity index (χ0) is 45.6. The third kappa shape index (κ3) is 14.5. The van der Waals surface area contributed by atoms with Crippen molar-refractivity contribution in [2.24, 2.45) is 0 Å². The number of amides is 4. The van der Waals surface area contributed by atoms with E-state index in [-0.39, 0.29) is 11.8 Å². The van der Waals surface area contributed by atoms with Gasteiger partial charge in [0, 0.05) is 35.6 Å². The van der Waals surface area contributed by atoms with E-state index in [1.165, 1.54) is 5.56 Å². The molecule has 0 atom stereocenters. The number of aryl methyl sites for hydroxylation is 2. The first-order valence-corrected chi connectivity index (χ1v) is 21.1. The molecule has 0 spiro atoms. The molecule has 10 heteroatoms. The highest BCUT2D eigenvalue weighted by molar-refractivity contribution is 6.09. The molecule has 0 saturated heterocycles. The van der Waals surface area contributed by atoms with Crippen LogP contribution in [0.2, 0.25) is 0 Å². The van der Waals surface area contributed by atoms with E-state index in [0.717, 1.165) is 56.7 Å². The van der Waals surface area contributed by atoms with Crippen LogP contribution in [0, 0.1) is 6.92 Å². The van der Waals surface area contributed by atoms with Gasteiger partial charge >= 0.3 is 12.2 Å². The molecule has 0 aliphatic carbocycles. The van der Waals surface area contributed by atoms with E-state index < -0.39 is 23.4 Å². The molecule has 6 aromatic rings. The van der Waals surface area contributed by atoms with E-state index in [1.54, 1.807) is 6.07 Å². The molecule has 4 N–H and O–H groups in total. The Labute approximate surface area is 371 Å². The van der Waals surface area contributed by atoms with Crippen molar-refractivity contribution in [2.75, 3.05) is 10.6 Å². The summed E-state index contributed by atoms with van der Waals surface area (Å²) in [6.07, 6.45) is -0.00731. The fraction of sp³-hybridized carbons (Fsp3) is 0.245. The number of hydrogen-bond acceptors (Lipinski definition) is 6. The second kappa shape index (κ2) is 21.5. The Bertz CT molecular complexity index is 2500.